The lowest BCUT2D eigenvalue weighted by Gasteiger charge is -2.19. The lowest BCUT2D eigenvalue weighted by atomic mass is 10.2. The Balaban J connectivity index is 4.40. The minimum Gasteiger partial charge on any atom is -0.332 e. The van der Waals surface area contributed by atoms with E-state index in [0.717, 1.165) is 0 Å². The molecule has 0 rings (SSSR count). The van der Waals surface area contributed by atoms with Gasteiger partial charge in [-0.15, -0.1) is 19.7 Å². The summed E-state index contributed by atoms with van der Waals surface area (Å²) in [6, 6.07) is 0. The van der Waals surface area contributed by atoms with Gasteiger partial charge in [0.2, 0.25) is 5.91 Å². The zero-order chi connectivity index (χ0) is 11.0. The van der Waals surface area contributed by atoms with Crippen molar-refractivity contribution in [3.8, 4) is 0 Å². The molecule has 76 valence electrons. The molecular formula is C12H17NO. The fourth-order valence-corrected chi connectivity index (χ4v) is 1.04. The number of hydrogen-bond acceptors (Lipinski definition) is 1. The largest absolute Gasteiger partial charge is 0.332 e. The summed E-state index contributed by atoms with van der Waals surface area (Å²) in [7, 11) is 0. The van der Waals surface area contributed by atoms with Crippen LogP contribution >= 0.6 is 0 Å². The zero-order valence-electron chi connectivity index (χ0n) is 8.54. The van der Waals surface area contributed by atoms with E-state index < -0.39 is 0 Å². The van der Waals surface area contributed by atoms with E-state index in [2.05, 4.69) is 26.3 Å². The number of carbonyl (C=O) groups is 1. The summed E-state index contributed by atoms with van der Waals surface area (Å²) in [5.41, 5.74) is 0.545. The minimum absolute atomic E-state index is 0.0651. The topological polar surface area (TPSA) is 20.3 Å². The first-order valence-corrected chi connectivity index (χ1v) is 4.47. The first kappa shape index (κ1) is 12.4. The van der Waals surface area contributed by atoms with Crippen molar-refractivity contribution in [3.05, 3.63) is 50.1 Å². The van der Waals surface area contributed by atoms with E-state index in [1.165, 1.54) is 0 Å². The van der Waals surface area contributed by atoms with Gasteiger partial charge in [-0.05, 0) is 6.42 Å². The van der Waals surface area contributed by atoms with Gasteiger partial charge in [-0.25, -0.2) is 0 Å². The summed E-state index contributed by atoms with van der Waals surface area (Å²) in [5, 5.41) is 0. The van der Waals surface area contributed by atoms with Gasteiger partial charge in [0.15, 0.2) is 0 Å². The summed E-state index contributed by atoms with van der Waals surface area (Å²) in [6.07, 6.45) is 5.55. The maximum atomic E-state index is 11.7. The Morgan fingerprint density at radius 3 is 1.93 bits per heavy atom. The molecule has 0 aliphatic heterocycles. The van der Waals surface area contributed by atoms with Crippen molar-refractivity contribution in [2.45, 2.75) is 6.42 Å². The van der Waals surface area contributed by atoms with Crippen LogP contribution in [0.4, 0.5) is 0 Å². The van der Waals surface area contributed by atoms with Gasteiger partial charge in [0, 0.05) is 18.7 Å². The lowest BCUT2D eigenvalue weighted by molar-refractivity contribution is -0.126. The number of carbonyl (C=O) groups excluding carboxylic acids is 1. The molecular weight excluding hydrogens is 174 g/mol. The number of allylic oxidation sites excluding steroid dienone is 1. The van der Waals surface area contributed by atoms with E-state index in [4.69, 9.17) is 0 Å². The second-order valence-corrected chi connectivity index (χ2v) is 2.88. The van der Waals surface area contributed by atoms with Crippen LogP contribution in [0.15, 0.2) is 50.1 Å². The van der Waals surface area contributed by atoms with Crippen LogP contribution in [-0.4, -0.2) is 23.9 Å². The fraction of sp³-hybridized carbons (Fsp3) is 0.250. The molecule has 0 saturated carbocycles. The van der Waals surface area contributed by atoms with Crippen molar-refractivity contribution < 1.29 is 4.79 Å². The van der Waals surface area contributed by atoms with Gasteiger partial charge < -0.3 is 4.90 Å². The van der Waals surface area contributed by atoms with Gasteiger partial charge in [0.25, 0.3) is 0 Å². The van der Waals surface area contributed by atoms with Gasteiger partial charge in [-0.3, -0.25) is 4.79 Å². The predicted molar refractivity (Wildman–Crippen MR) is 60.9 cm³/mol. The van der Waals surface area contributed by atoms with Crippen LogP contribution in [0, 0.1) is 0 Å². The summed E-state index contributed by atoms with van der Waals surface area (Å²) in [4.78, 5) is 13.3. The van der Waals surface area contributed by atoms with Crippen molar-refractivity contribution >= 4 is 5.91 Å². The summed E-state index contributed by atoms with van der Waals surface area (Å²) in [5.74, 6) is -0.0651. The summed E-state index contributed by atoms with van der Waals surface area (Å²) in [6.45, 7) is 15.5. The molecule has 14 heavy (non-hydrogen) atoms. The third-order valence-electron chi connectivity index (χ3n) is 1.68. The average Bonchev–Trinajstić information content (AvgIpc) is 2.17. The molecule has 0 atom stereocenters. The van der Waals surface area contributed by atoms with Gasteiger partial charge in [0.05, 0.1) is 0 Å². The van der Waals surface area contributed by atoms with E-state index in [9.17, 15) is 4.79 Å². The van der Waals surface area contributed by atoms with E-state index >= 15 is 0 Å². The highest BCUT2D eigenvalue weighted by molar-refractivity contribution is 5.93. The summed E-state index contributed by atoms with van der Waals surface area (Å²) < 4.78 is 0. The smallest absolute Gasteiger partial charge is 0.250 e. The monoisotopic (exact) mass is 191 g/mol. The van der Waals surface area contributed by atoms with Crippen molar-refractivity contribution in [1.29, 1.82) is 0 Å². The molecule has 0 radical (unpaired) electrons. The van der Waals surface area contributed by atoms with E-state index in [-0.39, 0.29) is 5.91 Å². The Kier molecular flexibility index (Phi) is 6.12. The van der Waals surface area contributed by atoms with Crippen LogP contribution in [0.5, 0.6) is 0 Å². The quantitative estimate of drug-likeness (QED) is 0.446. The number of hydrogen-bond donors (Lipinski definition) is 0. The zero-order valence-corrected chi connectivity index (χ0v) is 8.54. The third-order valence-corrected chi connectivity index (χ3v) is 1.68. The molecule has 0 N–H and O–H groups in total. The Labute approximate surface area is 85.9 Å². The predicted octanol–water partition coefficient (Wildman–Crippen LogP) is 2.32. The molecule has 0 aromatic carbocycles. The molecule has 0 fully saturated rings. The van der Waals surface area contributed by atoms with Gasteiger partial charge in [0.1, 0.15) is 0 Å². The molecule has 1 amide bonds. The molecule has 2 heteroatoms. The molecule has 0 unspecified atom stereocenters. The van der Waals surface area contributed by atoms with E-state index in [1.807, 2.05) is 0 Å². The van der Waals surface area contributed by atoms with Crippen LogP contribution in [0.1, 0.15) is 6.42 Å². The minimum atomic E-state index is -0.0651. The maximum absolute atomic E-state index is 11.7. The highest BCUT2D eigenvalue weighted by atomic mass is 16.2. The standard InChI is InChI=1S/C12H17NO/c1-5-8-11(4)12(14)13(9-6-2)10-7-3/h5-7H,1-4,8-10H2. The van der Waals surface area contributed by atoms with Crippen LogP contribution in [-0.2, 0) is 4.79 Å². The Hall–Kier alpha value is -1.57. The van der Waals surface area contributed by atoms with Crippen LogP contribution in [0.25, 0.3) is 0 Å². The highest BCUT2D eigenvalue weighted by Gasteiger charge is 2.12. The second-order valence-electron chi connectivity index (χ2n) is 2.88. The van der Waals surface area contributed by atoms with Gasteiger partial charge >= 0.3 is 0 Å². The van der Waals surface area contributed by atoms with Crippen LogP contribution < -0.4 is 0 Å². The summed E-state index contributed by atoms with van der Waals surface area (Å²) >= 11 is 0. The first-order valence-electron chi connectivity index (χ1n) is 4.47. The fourth-order valence-electron chi connectivity index (χ4n) is 1.04. The molecule has 0 aliphatic rings. The van der Waals surface area contributed by atoms with Crippen LogP contribution in [0.3, 0.4) is 0 Å². The van der Waals surface area contributed by atoms with Gasteiger partial charge in [-0.2, -0.15) is 0 Å². The number of amides is 1. The number of rotatable bonds is 7. The molecule has 0 aromatic heterocycles. The van der Waals surface area contributed by atoms with Crippen molar-refractivity contribution in [2.24, 2.45) is 0 Å². The third kappa shape index (κ3) is 3.90. The Morgan fingerprint density at radius 2 is 1.57 bits per heavy atom. The lowest BCUT2D eigenvalue weighted by Crippen LogP contribution is -2.32. The molecule has 0 aromatic rings. The number of nitrogens with zero attached hydrogens (tertiary/aromatic N) is 1. The SMILES string of the molecule is C=CCC(=C)C(=O)N(CC=C)CC=C. The normalized spacial score (nSPS) is 8.86. The van der Waals surface area contributed by atoms with Crippen molar-refractivity contribution in [3.63, 3.8) is 0 Å². The average molecular weight is 191 g/mol. The van der Waals surface area contributed by atoms with Crippen molar-refractivity contribution in [1.82, 2.24) is 4.90 Å². The molecule has 0 aliphatic carbocycles. The van der Waals surface area contributed by atoms with Crippen molar-refractivity contribution in [2.75, 3.05) is 13.1 Å². The molecule has 0 saturated heterocycles. The Morgan fingerprint density at radius 1 is 1.07 bits per heavy atom. The van der Waals surface area contributed by atoms with E-state index in [1.54, 1.807) is 23.1 Å². The van der Waals surface area contributed by atoms with Crippen LogP contribution in [0.2, 0.25) is 0 Å². The second kappa shape index (κ2) is 6.89. The van der Waals surface area contributed by atoms with E-state index in [0.29, 0.717) is 25.1 Å². The molecule has 0 spiro atoms. The highest BCUT2D eigenvalue weighted by Crippen LogP contribution is 2.05. The first-order chi connectivity index (χ1) is 6.67. The molecule has 0 heterocycles. The Bertz CT molecular complexity index is 243. The molecule has 0 bridgehead atoms. The maximum Gasteiger partial charge on any atom is 0.250 e. The van der Waals surface area contributed by atoms with Gasteiger partial charge in [-0.1, -0.05) is 24.8 Å². The molecule has 2 nitrogen and oxygen atoms in total.